The Bertz CT molecular complexity index is 606. The first-order valence-corrected chi connectivity index (χ1v) is 8.73. The van der Waals surface area contributed by atoms with Crippen LogP contribution in [0.2, 0.25) is 0 Å². The third-order valence-electron chi connectivity index (χ3n) is 3.01. The van der Waals surface area contributed by atoms with Gasteiger partial charge in [0.05, 0.1) is 0 Å². The summed E-state index contributed by atoms with van der Waals surface area (Å²) in [7, 11) is -0.274. The van der Waals surface area contributed by atoms with E-state index in [1.165, 1.54) is 0 Å². The minimum atomic E-state index is -3.97. The number of sulfonamides is 1. The summed E-state index contributed by atoms with van der Waals surface area (Å²) >= 11 is 3.07. The molecule has 0 saturated heterocycles. The van der Waals surface area contributed by atoms with E-state index in [-0.39, 0.29) is 17.6 Å². The van der Waals surface area contributed by atoms with E-state index >= 15 is 0 Å². The van der Waals surface area contributed by atoms with Crippen LogP contribution >= 0.6 is 15.9 Å². The summed E-state index contributed by atoms with van der Waals surface area (Å²) in [6.45, 7) is 4.33. The average molecular weight is 382 g/mol. The lowest BCUT2D eigenvalue weighted by Gasteiger charge is -2.25. The highest BCUT2D eigenvalue weighted by Crippen LogP contribution is 2.26. The molecule has 0 bridgehead atoms. The van der Waals surface area contributed by atoms with E-state index in [1.54, 1.807) is 0 Å². The second-order valence-corrected chi connectivity index (χ2v) is 8.07. The lowest BCUT2D eigenvalue weighted by Crippen LogP contribution is -2.45. The summed E-state index contributed by atoms with van der Waals surface area (Å²) < 4.78 is 41.5. The molecular weight excluding hydrogens is 361 g/mol. The average Bonchev–Trinajstić information content (AvgIpc) is 2.31. The monoisotopic (exact) mass is 381 g/mol. The Kier molecular flexibility index (Phi) is 6.15. The lowest BCUT2D eigenvalue weighted by atomic mass is 10.1. The molecule has 21 heavy (non-hydrogen) atoms. The van der Waals surface area contributed by atoms with Crippen molar-refractivity contribution in [2.75, 3.05) is 26.4 Å². The van der Waals surface area contributed by atoms with Gasteiger partial charge in [0.2, 0.25) is 10.0 Å². The van der Waals surface area contributed by atoms with Crippen LogP contribution in [0.3, 0.4) is 0 Å². The van der Waals surface area contributed by atoms with E-state index in [0.717, 1.165) is 12.1 Å². The highest BCUT2D eigenvalue weighted by molar-refractivity contribution is 9.10. The quantitative estimate of drug-likeness (QED) is 0.739. The number of halogens is 2. The van der Waals surface area contributed by atoms with Crippen molar-refractivity contribution in [2.24, 2.45) is 5.92 Å². The Morgan fingerprint density at radius 3 is 2.43 bits per heavy atom. The van der Waals surface area contributed by atoms with Crippen molar-refractivity contribution >= 4 is 31.6 Å². The molecule has 0 aliphatic rings. The Hall–Kier alpha value is -0.700. The number of nitrogens with two attached hydrogens (primary N) is 1. The molecule has 0 aromatic heterocycles. The highest BCUT2D eigenvalue weighted by atomic mass is 79.9. The number of likely N-dealkylation sites (N-methyl/N-ethyl adjacent to an activating group) is 1. The fourth-order valence-electron chi connectivity index (χ4n) is 1.79. The van der Waals surface area contributed by atoms with Crippen LogP contribution in [0.15, 0.2) is 21.5 Å². The van der Waals surface area contributed by atoms with Crippen molar-refractivity contribution in [3.8, 4) is 0 Å². The number of benzene rings is 1. The van der Waals surface area contributed by atoms with Crippen LogP contribution in [-0.2, 0) is 10.0 Å². The van der Waals surface area contributed by atoms with Crippen molar-refractivity contribution in [1.29, 1.82) is 0 Å². The molecular formula is C13H21BrFN3O2S. The highest BCUT2D eigenvalue weighted by Gasteiger charge is 2.26. The van der Waals surface area contributed by atoms with Crippen molar-refractivity contribution in [2.45, 2.75) is 24.8 Å². The van der Waals surface area contributed by atoms with Crippen LogP contribution in [0.4, 0.5) is 10.1 Å². The third kappa shape index (κ3) is 4.91. The Morgan fingerprint density at radius 1 is 1.38 bits per heavy atom. The van der Waals surface area contributed by atoms with Crippen molar-refractivity contribution in [3.05, 3.63) is 22.4 Å². The summed E-state index contributed by atoms with van der Waals surface area (Å²) in [6, 6.07) is 1.85. The molecule has 5 nitrogen and oxygen atoms in total. The van der Waals surface area contributed by atoms with Crippen LogP contribution in [0.25, 0.3) is 0 Å². The van der Waals surface area contributed by atoms with E-state index in [2.05, 4.69) is 20.7 Å². The molecule has 0 amide bonds. The SMILES string of the molecule is CC(C)C(CN(C)C)NS(=O)(=O)c1cc(N)c(Br)cc1F. The molecule has 0 fully saturated rings. The molecule has 1 rings (SSSR count). The zero-order valence-corrected chi connectivity index (χ0v) is 14.9. The van der Waals surface area contributed by atoms with Crippen LogP contribution in [0.1, 0.15) is 13.8 Å². The van der Waals surface area contributed by atoms with Gasteiger partial charge in [-0.25, -0.2) is 17.5 Å². The van der Waals surface area contributed by atoms with E-state index in [9.17, 15) is 12.8 Å². The second-order valence-electron chi connectivity index (χ2n) is 5.54. The lowest BCUT2D eigenvalue weighted by molar-refractivity contribution is 0.314. The molecule has 0 aliphatic carbocycles. The van der Waals surface area contributed by atoms with Gasteiger partial charge < -0.3 is 10.6 Å². The third-order valence-corrected chi connectivity index (χ3v) is 5.21. The normalized spacial score (nSPS) is 13.9. The molecule has 0 heterocycles. The smallest absolute Gasteiger partial charge is 0.243 e. The zero-order chi connectivity index (χ0) is 16.4. The molecule has 0 aliphatic heterocycles. The van der Waals surface area contributed by atoms with Gasteiger partial charge in [-0.15, -0.1) is 0 Å². The fourth-order valence-corrected chi connectivity index (χ4v) is 3.58. The summed E-state index contributed by atoms with van der Waals surface area (Å²) in [5, 5.41) is 0. The summed E-state index contributed by atoms with van der Waals surface area (Å²) in [6.07, 6.45) is 0. The maximum atomic E-state index is 13.9. The van der Waals surface area contributed by atoms with Crippen molar-refractivity contribution in [3.63, 3.8) is 0 Å². The Morgan fingerprint density at radius 2 is 1.95 bits per heavy atom. The summed E-state index contributed by atoms with van der Waals surface area (Å²) in [5.74, 6) is -0.769. The van der Waals surface area contributed by atoms with Crippen molar-refractivity contribution in [1.82, 2.24) is 9.62 Å². The van der Waals surface area contributed by atoms with Gasteiger partial charge in [-0.2, -0.15) is 0 Å². The molecule has 0 radical (unpaired) electrons. The first-order valence-electron chi connectivity index (χ1n) is 6.46. The topological polar surface area (TPSA) is 75.4 Å². The summed E-state index contributed by atoms with van der Waals surface area (Å²) in [5.41, 5.74) is 5.82. The molecule has 8 heteroatoms. The van der Waals surface area contributed by atoms with E-state index in [0.29, 0.717) is 11.0 Å². The standard InChI is InChI=1S/C13H21BrFN3O2S/c1-8(2)12(7-18(3)4)17-21(19,20)13-6-11(16)9(14)5-10(13)15/h5-6,8,12,17H,7,16H2,1-4H3. The van der Waals surface area contributed by atoms with Crippen LogP contribution in [0, 0.1) is 11.7 Å². The van der Waals surface area contributed by atoms with Gasteiger partial charge in [0, 0.05) is 22.7 Å². The summed E-state index contributed by atoms with van der Waals surface area (Å²) in [4.78, 5) is 1.44. The maximum absolute atomic E-state index is 13.9. The Labute approximate surface area is 133 Å². The molecule has 1 unspecified atom stereocenters. The number of hydrogen-bond acceptors (Lipinski definition) is 4. The number of rotatable bonds is 6. The van der Waals surface area contributed by atoms with Gasteiger partial charge in [-0.05, 0) is 48.1 Å². The van der Waals surface area contributed by atoms with Gasteiger partial charge in [-0.3, -0.25) is 0 Å². The van der Waals surface area contributed by atoms with Gasteiger partial charge in [0.25, 0.3) is 0 Å². The minimum Gasteiger partial charge on any atom is -0.398 e. The largest absolute Gasteiger partial charge is 0.398 e. The van der Waals surface area contributed by atoms with E-state index < -0.39 is 20.7 Å². The molecule has 1 aromatic carbocycles. The van der Waals surface area contributed by atoms with E-state index in [1.807, 2.05) is 32.8 Å². The second kappa shape index (κ2) is 7.04. The number of hydrogen-bond donors (Lipinski definition) is 2. The minimum absolute atomic E-state index is 0.0676. The maximum Gasteiger partial charge on any atom is 0.243 e. The van der Waals surface area contributed by atoms with Gasteiger partial charge >= 0.3 is 0 Å². The number of nitrogen functional groups attached to an aromatic ring is 1. The van der Waals surface area contributed by atoms with Gasteiger partial charge in [-0.1, -0.05) is 13.8 Å². The fraction of sp³-hybridized carbons (Fsp3) is 0.538. The van der Waals surface area contributed by atoms with Gasteiger partial charge in [0.15, 0.2) is 0 Å². The Balaban J connectivity index is 3.13. The molecule has 0 saturated carbocycles. The van der Waals surface area contributed by atoms with E-state index in [4.69, 9.17) is 5.73 Å². The first kappa shape index (κ1) is 18.3. The number of nitrogens with one attached hydrogen (secondary N) is 1. The predicted molar refractivity (Wildman–Crippen MR) is 86.0 cm³/mol. The predicted octanol–water partition coefficient (Wildman–Crippen LogP) is 2.03. The zero-order valence-electron chi connectivity index (χ0n) is 12.5. The van der Waals surface area contributed by atoms with Crippen molar-refractivity contribution < 1.29 is 12.8 Å². The number of nitrogens with zero attached hydrogens (tertiary/aromatic N) is 1. The number of anilines is 1. The molecule has 0 spiro atoms. The van der Waals surface area contributed by atoms with Gasteiger partial charge in [0.1, 0.15) is 10.7 Å². The molecule has 1 atom stereocenters. The molecule has 1 aromatic rings. The molecule has 120 valence electrons. The van der Waals surface area contributed by atoms with Crippen LogP contribution in [-0.4, -0.2) is 40.0 Å². The van der Waals surface area contributed by atoms with Crippen LogP contribution in [0.5, 0.6) is 0 Å². The first-order chi connectivity index (χ1) is 9.54. The van der Waals surface area contributed by atoms with Crippen LogP contribution < -0.4 is 10.5 Å². The molecule has 3 N–H and O–H groups in total.